The number of benzene rings is 2. The number of fused-ring (bicyclic) bond motifs is 1. The highest BCUT2D eigenvalue weighted by molar-refractivity contribution is 5.99. The summed E-state index contributed by atoms with van der Waals surface area (Å²) in [6.45, 7) is 2.13. The quantitative estimate of drug-likeness (QED) is 0.736. The first-order chi connectivity index (χ1) is 9.75. The number of hydrogen-bond acceptors (Lipinski definition) is 1. The molecule has 20 heavy (non-hydrogen) atoms. The normalized spacial score (nSPS) is 18.4. The monoisotopic (exact) mass is 264 g/mol. The Balaban J connectivity index is 1.88. The van der Waals surface area contributed by atoms with Gasteiger partial charge >= 0.3 is 0 Å². The molecule has 0 fully saturated rings. The van der Waals surface area contributed by atoms with Crippen molar-refractivity contribution in [3.63, 3.8) is 0 Å². The van der Waals surface area contributed by atoms with E-state index in [4.69, 9.17) is 0 Å². The maximum absolute atomic E-state index is 12.8. The molecule has 0 bridgehead atoms. The van der Waals surface area contributed by atoms with Gasteiger partial charge in [-0.1, -0.05) is 48.5 Å². The Morgan fingerprint density at radius 3 is 2.65 bits per heavy atom. The summed E-state index contributed by atoms with van der Waals surface area (Å²) < 4.78 is 0. The molecule has 0 saturated heterocycles. The molecule has 2 aromatic carbocycles. The molecule has 1 aliphatic rings. The molecule has 3 rings (SSSR count). The minimum atomic E-state index is 0.139. The molecule has 0 aliphatic heterocycles. The Bertz CT molecular complexity index is 627. The molecule has 1 aliphatic carbocycles. The van der Waals surface area contributed by atoms with Crippen molar-refractivity contribution < 1.29 is 4.79 Å². The molecular weight excluding hydrogens is 244 g/mol. The van der Waals surface area contributed by atoms with Crippen LogP contribution in [0.15, 0.2) is 48.5 Å². The van der Waals surface area contributed by atoms with Crippen LogP contribution in [-0.2, 0) is 12.8 Å². The Morgan fingerprint density at radius 1 is 1.05 bits per heavy atom. The lowest BCUT2D eigenvalue weighted by Crippen LogP contribution is -2.17. The molecular formula is C19H20O. The van der Waals surface area contributed by atoms with Crippen LogP contribution in [0.2, 0.25) is 0 Å². The van der Waals surface area contributed by atoms with E-state index in [1.807, 2.05) is 18.2 Å². The summed E-state index contributed by atoms with van der Waals surface area (Å²) in [5, 5.41) is 0. The highest BCUT2D eigenvalue weighted by Gasteiger charge is 2.25. The van der Waals surface area contributed by atoms with Crippen molar-refractivity contribution in [3.05, 3.63) is 70.8 Å². The zero-order valence-corrected chi connectivity index (χ0v) is 11.9. The first-order valence-corrected chi connectivity index (χ1v) is 7.42. The second kappa shape index (κ2) is 5.62. The van der Waals surface area contributed by atoms with Crippen LogP contribution in [0.3, 0.4) is 0 Å². The van der Waals surface area contributed by atoms with Gasteiger partial charge in [0.05, 0.1) is 0 Å². The van der Waals surface area contributed by atoms with Gasteiger partial charge in [-0.25, -0.2) is 0 Å². The van der Waals surface area contributed by atoms with Crippen molar-refractivity contribution in [2.45, 2.75) is 32.6 Å². The van der Waals surface area contributed by atoms with Crippen molar-refractivity contribution in [2.75, 3.05) is 0 Å². The van der Waals surface area contributed by atoms with E-state index in [1.54, 1.807) is 0 Å². The minimum Gasteiger partial charge on any atom is -0.294 e. The maximum atomic E-state index is 12.8. The summed E-state index contributed by atoms with van der Waals surface area (Å²) in [6, 6.07) is 16.5. The summed E-state index contributed by atoms with van der Waals surface area (Å²) >= 11 is 0. The third kappa shape index (κ3) is 2.53. The molecule has 0 aromatic heterocycles. The molecule has 0 amide bonds. The summed E-state index contributed by atoms with van der Waals surface area (Å²) in [7, 11) is 0. The zero-order chi connectivity index (χ0) is 13.9. The number of Topliss-reactive ketones (excluding diaryl/α,β-unsaturated/α-hetero) is 1. The molecule has 0 spiro atoms. The number of hydrogen-bond donors (Lipinski definition) is 0. The van der Waals surface area contributed by atoms with Crippen molar-refractivity contribution in [1.29, 1.82) is 0 Å². The molecule has 0 saturated carbocycles. The third-order valence-corrected chi connectivity index (χ3v) is 4.38. The van der Waals surface area contributed by atoms with Crippen LogP contribution in [-0.4, -0.2) is 5.78 Å². The topological polar surface area (TPSA) is 17.1 Å². The van der Waals surface area contributed by atoms with Crippen LogP contribution in [0.1, 0.15) is 39.9 Å². The first-order valence-electron chi connectivity index (χ1n) is 7.42. The number of carbonyl (C=O) groups excluding carboxylic acids is 1. The number of carbonyl (C=O) groups is 1. The first kappa shape index (κ1) is 13.1. The van der Waals surface area contributed by atoms with Gasteiger partial charge in [-0.2, -0.15) is 0 Å². The molecule has 102 valence electrons. The van der Waals surface area contributed by atoms with Gasteiger partial charge in [-0.3, -0.25) is 4.79 Å². The van der Waals surface area contributed by atoms with E-state index in [1.165, 1.54) is 16.7 Å². The lowest BCUT2D eigenvalue weighted by molar-refractivity contribution is 0.0915. The Morgan fingerprint density at radius 2 is 1.80 bits per heavy atom. The average molecular weight is 264 g/mol. The van der Waals surface area contributed by atoms with E-state index in [0.29, 0.717) is 5.78 Å². The van der Waals surface area contributed by atoms with E-state index in [0.717, 1.165) is 31.2 Å². The van der Waals surface area contributed by atoms with E-state index in [9.17, 15) is 4.79 Å². The minimum absolute atomic E-state index is 0.139. The SMILES string of the molecule is Cc1ccccc1CC1CCCc2ccccc2C1=O. The third-order valence-electron chi connectivity index (χ3n) is 4.38. The summed E-state index contributed by atoms with van der Waals surface area (Å²) in [5.41, 5.74) is 4.77. The van der Waals surface area contributed by atoms with Gasteiger partial charge in [0.2, 0.25) is 0 Å². The van der Waals surface area contributed by atoms with Crippen LogP contribution < -0.4 is 0 Å². The number of rotatable bonds is 2. The van der Waals surface area contributed by atoms with Gasteiger partial charge < -0.3 is 0 Å². The molecule has 0 N–H and O–H groups in total. The zero-order valence-electron chi connectivity index (χ0n) is 11.9. The lowest BCUT2D eigenvalue weighted by atomic mass is 9.88. The highest BCUT2D eigenvalue weighted by atomic mass is 16.1. The number of aryl methyl sites for hydroxylation is 2. The number of ketones is 1. The van der Waals surface area contributed by atoms with Crippen LogP contribution >= 0.6 is 0 Å². The van der Waals surface area contributed by atoms with E-state index < -0.39 is 0 Å². The predicted octanol–water partition coefficient (Wildman–Crippen LogP) is 4.37. The van der Waals surface area contributed by atoms with Gasteiger partial charge in [-0.15, -0.1) is 0 Å². The van der Waals surface area contributed by atoms with Crippen LogP contribution in [0, 0.1) is 12.8 Å². The summed E-state index contributed by atoms with van der Waals surface area (Å²) in [5.74, 6) is 0.473. The van der Waals surface area contributed by atoms with Crippen molar-refractivity contribution in [1.82, 2.24) is 0 Å². The van der Waals surface area contributed by atoms with E-state index in [2.05, 4.69) is 37.3 Å². The summed E-state index contributed by atoms with van der Waals surface area (Å²) in [4.78, 5) is 12.8. The van der Waals surface area contributed by atoms with E-state index in [-0.39, 0.29) is 5.92 Å². The van der Waals surface area contributed by atoms with Crippen LogP contribution in [0.25, 0.3) is 0 Å². The molecule has 0 radical (unpaired) electrons. The molecule has 1 atom stereocenters. The van der Waals surface area contributed by atoms with Crippen LogP contribution in [0.5, 0.6) is 0 Å². The molecule has 1 unspecified atom stereocenters. The van der Waals surface area contributed by atoms with Crippen molar-refractivity contribution >= 4 is 5.78 Å². The fourth-order valence-corrected chi connectivity index (χ4v) is 3.17. The predicted molar refractivity (Wildman–Crippen MR) is 82.1 cm³/mol. The fourth-order valence-electron chi connectivity index (χ4n) is 3.17. The molecule has 1 nitrogen and oxygen atoms in total. The smallest absolute Gasteiger partial charge is 0.166 e. The lowest BCUT2D eigenvalue weighted by Gasteiger charge is -2.15. The second-order valence-electron chi connectivity index (χ2n) is 5.74. The van der Waals surface area contributed by atoms with Gasteiger partial charge in [-0.05, 0) is 49.3 Å². The second-order valence-corrected chi connectivity index (χ2v) is 5.74. The largest absolute Gasteiger partial charge is 0.294 e. The Labute approximate surface area is 120 Å². The van der Waals surface area contributed by atoms with Gasteiger partial charge in [0, 0.05) is 11.5 Å². The molecule has 1 heteroatoms. The standard InChI is InChI=1S/C19H20O/c1-14-7-2-3-9-16(14)13-17-11-6-10-15-8-4-5-12-18(15)19(17)20/h2-5,7-9,12,17H,6,10-11,13H2,1H3. The molecule has 2 aromatic rings. The molecule has 0 heterocycles. The summed E-state index contributed by atoms with van der Waals surface area (Å²) in [6.07, 6.45) is 4.02. The van der Waals surface area contributed by atoms with Crippen molar-refractivity contribution in [3.8, 4) is 0 Å². The van der Waals surface area contributed by atoms with Gasteiger partial charge in [0.15, 0.2) is 5.78 Å². The average Bonchev–Trinajstić information content (AvgIpc) is 2.62. The van der Waals surface area contributed by atoms with Crippen molar-refractivity contribution in [2.24, 2.45) is 5.92 Å². The Kier molecular flexibility index (Phi) is 3.68. The van der Waals surface area contributed by atoms with E-state index >= 15 is 0 Å². The maximum Gasteiger partial charge on any atom is 0.166 e. The fraction of sp³-hybridized carbons (Fsp3) is 0.316. The Hall–Kier alpha value is -1.89. The van der Waals surface area contributed by atoms with Gasteiger partial charge in [0.1, 0.15) is 0 Å². The van der Waals surface area contributed by atoms with Gasteiger partial charge in [0.25, 0.3) is 0 Å². The highest BCUT2D eigenvalue weighted by Crippen LogP contribution is 2.27. The van der Waals surface area contributed by atoms with Crippen LogP contribution in [0.4, 0.5) is 0 Å².